The quantitative estimate of drug-likeness (QED) is 0.305. The van der Waals surface area contributed by atoms with Gasteiger partial charge in [-0.05, 0) is 76.4 Å². The molecule has 206 valence electrons. The fourth-order valence-corrected chi connectivity index (χ4v) is 7.17. The molecule has 5 rings (SSSR count). The van der Waals surface area contributed by atoms with Gasteiger partial charge in [0, 0.05) is 48.3 Å². The molecule has 0 aromatic heterocycles. The second kappa shape index (κ2) is 10.4. The van der Waals surface area contributed by atoms with Crippen molar-refractivity contribution in [2.75, 3.05) is 13.7 Å². The van der Waals surface area contributed by atoms with Crippen molar-refractivity contribution in [3.63, 3.8) is 0 Å². The minimum Gasteiger partial charge on any atom is -0.490 e. The number of allylic oxidation sites excluding steroid dienone is 4. The van der Waals surface area contributed by atoms with E-state index < -0.39 is 5.92 Å². The number of hydrogen-bond donors (Lipinski definition) is 0. The number of carbonyl (C=O) groups is 2. The Bertz CT molecular complexity index is 1330. The Morgan fingerprint density at radius 2 is 1.44 bits per heavy atom. The average Bonchev–Trinajstić information content (AvgIpc) is 2.84. The molecule has 1 heterocycles. The Hall–Kier alpha value is -2.61. The van der Waals surface area contributed by atoms with Crippen molar-refractivity contribution in [2.24, 2.45) is 10.8 Å². The topological polar surface area (TPSA) is 55.8 Å². The van der Waals surface area contributed by atoms with Crippen molar-refractivity contribution < 1.29 is 19.1 Å². The Labute approximate surface area is 245 Å². The zero-order valence-electron chi connectivity index (χ0n) is 23.8. The minimum absolute atomic E-state index is 0.124. The molecular weight excluding hydrogens is 601 g/mol. The summed E-state index contributed by atoms with van der Waals surface area (Å²) in [5.74, 6) is 1.22. The lowest BCUT2D eigenvalue weighted by Crippen LogP contribution is -2.43. The molecule has 2 aromatic rings. The van der Waals surface area contributed by atoms with E-state index in [4.69, 9.17) is 9.47 Å². The SMILES string of the molecule is CCOc1cc(C2C3=C(CC(C)(C)CC3=O)N(C)C3=C2C(=O)CC(C)(C)C3)cc(I)c1OCc1ccccc1. The summed E-state index contributed by atoms with van der Waals surface area (Å²) in [6.07, 6.45) is 2.57. The first kappa shape index (κ1) is 27.9. The van der Waals surface area contributed by atoms with Crippen molar-refractivity contribution >= 4 is 34.2 Å². The number of benzene rings is 2. The number of ether oxygens (including phenoxy) is 2. The first-order valence-electron chi connectivity index (χ1n) is 13.8. The lowest BCUT2D eigenvalue weighted by atomic mass is 9.64. The fourth-order valence-electron chi connectivity index (χ4n) is 6.39. The van der Waals surface area contributed by atoms with Crippen LogP contribution in [-0.2, 0) is 16.2 Å². The highest BCUT2D eigenvalue weighted by molar-refractivity contribution is 14.1. The molecule has 0 unspecified atom stereocenters. The van der Waals surface area contributed by atoms with E-state index in [0.717, 1.165) is 50.1 Å². The first-order chi connectivity index (χ1) is 18.4. The van der Waals surface area contributed by atoms with Crippen molar-refractivity contribution in [1.29, 1.82) is 0 Å². The van der Waals surface area contributed by atoms with Crippen LogP contribution in [0.3, 0.4) is 0 Å². The van der Waals surface area contributed by atoms with Crippen LogP contribution in [0.5, 0.6) is 11.5 Å². The fraction of sp³-hybridized carbons (Fsp3) is 0.455. The Morgan fingerprint density at radius 3 is 1.97 bits per heavy atom. The maximum Gasteiger partial charge on any atom is 0.174 e. The second-order valence-corrected chi connectivity index (χ2v) is 13.8. The second-order valence-electron chi connectivity index (χ2n) is 12.6. The maximum absolute atomic E-state index is 13.8. The number of carbonyl (C=O) groups excluding carboxylic acids is 2. The van der Waals surface area contributed by atoms with Crippen molar-refractivity contribution in [2.45, 2.75) is 72.8 Å². The highest BCUT2D eigenvalue weighted by Crippen LogP contribution is 2.54. The molecule has 2 aliphatic carbocycles. The molecule has 3 aliphatic rings. The lowest BCUT2D eigenvalue weighted by Gasteiger charge is -2.48. The molecule has 0 atom stereocenters. The van der Waals surface area contributed by atoms with Gasteiger partial charge in [0.05, 0.1) is 10.2 Å². The third-order valence-corrected chi connectivity index (χ3v) is 8.87. The van der Waals surface area contributed by atoms with Gasteiger partial charge < -0.3 is 14.4 Å². The van der Waals surface area contributed by atoms with Gasteiger partial charge in [-0.2, -0.15) is 0 Å². The van der Waals surface area contributed by atoms with Gasteiger partial charge in [0.25, 0.3) is 0 Å². The van der Waals surface area contributed by atoms with E-state index in [1.807, 2.05) is 50.4 Å². The molecule has 2 aromatic carbocycles. The van der Waals surface area contributed by atoms with E-state index >= 15 is 0 Å². The van der Waals surface area contributed by atoms with Crippen LogP contribution in [0.1, 0.15) is 77.3 Å². The van der Waals surface area contributed by atoms with Crippen molar-refractivity contribution in [3.05, 3.63) is 79.7 Å². The molecule has 0 amide bonds. The van der Waals surface area contributed by atoms with Gasteiger partial charge in [0.1, 0.15) is 6.61 Å². The van der Waals surface area contributed by atoms with Crippen LogP contribution in [0.4, 0.5) is 0 Å². The summed E-state index contributed by atoms with van der Waals surface area (Å²) in [5.41, 5.74) is 5.42. The molecule has 0 saturated carbocycles. The molecule has 1 aliphatic heterocycles. The Kier molecular flexibility index (Phi) is 7.46. The van der Waals surface area contributed by atoms with Crippen LogP contribution in [0.2, 0.25) is 0 Å². The summed E-state index contributed by atoms with van der Waals surface area (Å²) in [4.78, 5) is 29.8. The number of hydrogen-bond acceptors (Lipinski definition) is 5. The zero-order chi connectivity index (χ0) is 28.1. The number of rotatable bonds is 6. The smallest absolute Gasteiger partial charge is 0.174 e. The van der Waals surface area contributed by atoms with E-state index in [1.165, 1.54) is 0 Å². The molecule has 6 heteroatoms. The Balaban J connectivity index is 1.65. The van der Waals surface area contributed by atoms with E-state index in [1.54, 1.807) is 0 Å². The minimum atomic E-state index is -0.394. The first-order valence-corrected chi connectivity index (χ1v) is 14.9. The number of Topliss-reactive ketones (excluding diaryl/α,β-unsaturated/α-hetero) is 2. The summed E-state index contributed by atoms with van der Waals surface area (Å²) in [6, 6.07) is 14.1. The largest absolute Gasteiger partial charge is 0.490 e. The van der Waals surface area contributed by atoms with E-state index in [2.05, 4.69) is 61.3 Å². The van der Waals surface area contributed by atoms with E-state index in [-0.39, 0.29) is 22.4 Å². The monoisotopic (exact) mass is 639 g/mol. The van der Waals surface area contributed by atoms with E-state index in [9.17, 15) is 9.59 Å². The van der Waals surface area contributed by atoms with Gasteiger partial charge in [-0.3, -0.25) is 9.59 Å². The predicted octanol–water partition coefficient (Wildman–Crippen LogP) is 7.58. The summed E-state index contributed by atoms with van der Waals surface area (Å²) in [5, 5.41) is 0. The third kappa shape index (κ3) is 5.41. The van der Waals surface area contributed by atoms with Crippen LogP contribution in [0, 0.1) is 14.4 Å². The highest BCUT2D eigenvalue weighted by atomic mass is 127. The molecule has 0 radical (unpaired) electrons. The number of ketones is 2. The van der Waals surface area contributed by atoms with Crippen LogP contribution < -0.4 is 9.47 Å². The predicted molar refractivity (Wildman–Crippen MR) is 162 cm³/mol. The van der Waals surface area contributed by atoms with Crippen LogP contribution in [-0.4, -0.2) is 30.1 Å². The van der Waals surface area contributed by atoms with Gasteiger partial charge in [0.15, 0.2) is 23.1 Å². The molecule has 39 heavy (non-hydrogen) atoms. The van der Waals surface area contributed by atoms with Crippen molar-refractivity contribution in [3.8, 4) is 11.5 Å². The molecule has 0 fully saturated rings. The van der Waals surface area contributed by atoms with Gasteiger partial charge in [-0.25, -0.2) is 0 Å². The molecule has 5 nitrogen and oxygen atoms in total. The maximum atomic E-state index is 13.8. The molecule has 0 bridgehead atoms. The van der Waals surface area contributed by atoms with Gasteiger partial charge >= 0.3 is 0 Å². The van der Waals surface area contributed by atoms with Gasteiger partial charge in [-0.1, -0.05) is 58.0 Å². The van der Waals surface area contributed by atoms with Crippen LogP contribution in [0.25, 0.3) is 0 Å². The van der Waals surface area contributed by atoms with Crippen molar-refractivity contribution in [1.82, 2.24) is 4.90 Å². The molecular formula is C33H38INO4. The Morgan fingerprint density at radius 1 is 0.872 bits per heavy atom. The number of halogens is 1. The summed E-state index contributed by atoms with van der Waals surface area (Å²) < 4.78 is 13.3. The molecule has 0 N–H and O–H groups in total. The van der Waals surface area contributed by atoms with Gasteiger partial charge in [-0.15, -0.1) is 0 Å². The summed E-state index contributed by atoms with van der Waals surface area (Å²) >= 11 is 2.29. The average molecular weight is 640 g/mol. The van der Waals surface area contributed by atoms with Gasteiger partial charge in [0.2, 0.25) is 0 Å². The lowest BCUT2D eigenvalue weighted by molar-refractivity contribution is -0.119. The standard InChI is InChI=1S/C33H38INO4/c1-7-38-27-14-21(13-22(34)31(27)39-19-20-11-9-8-10-12-20)28-29-23(15-32(2,3)17-25(29)36)35(6)24-16-33(4,5)18-26(37)30(24)28/h8-14,28H,7,15-19H2,1-6H3. The van der Waals surface area contributed by atoms with Crippen LogP contribution in [0.15, 0.2) is 65.0 Å². The third-order valence-electron chi connectivity index (χ3n) is 8.07. The summed E-state index contributed by atoms with van der Waals surface area (Å²) in [6.45, 7) is 11.5. The normalized spacial score (nSPS) is 20.6. The molecule has 0 saturated heterocycles. The number of nitrogens with zero attached hydrogens (tertiary/aromatic N) is 1. The zero-order valence-corrected chi connectivity index (χ0v) is 26.0. The highest BCUT2D eigenvalue weighted by Gasteiger charge is 2.48. The summed E-state index contributed by atoms with van der Waals surface area (Å²) in [7, 11) is 2.04. The van der Waals surface area contributed by atoms with Crippen LogP contribution >= 0.6 is 22.6 Å². The van der Waals surface area contributed by atoms with E-state index in [0.29, 0.717) is 37.6 Å². The molecule has 0 spiro atoms.